The minimum atomic E-state index is 0.577. The fraction of sp³-hybridized carbons (Fsp3) is 0.214. The van der Waals surface area contributed by atoms with E-state index in [1.165, 1.54) is 5.56 Å². The van der Waals surface area contributed by atoms with Gasteiger partial charge in [0.1, 0.15) is 5.84 Å². The summed E-state index contributed by atoms with van der Waals surface area (Å²) in [7, 11) is 0. The van der Waals surface area contributed by atoms with Crippen LogP contribution in [0.4, 0.5) is 0 Å². The average Bonchev–Trinajstić information content (AvgIpc) is 2.70. The Morgan fingerprint density at radius 1 is 1.22 bits per heavy atom. The number of hydrogen-bond acceptors (Lipinski definition) is 3. The molecule has 0 amide bonds. The summed E-state index contributed by atoms with van der Waals surface area (Å²) in [6.45, 7) is 3.34. The monoisotopic (exact) mass is 238 g/mol. The van der Waals surface area contributed by atoms with Crippen molar-refractivity contribution >= 4 is 5.84 Å². The second-order valence-electron chi connectivity index (χ2n) is 4.51. The summed E-state index contributed by atoms with van der Waals surface area (Å²) in [5.74, 6) is 0.577. The maximum absolute atomic E-state index is 8.16. The fourth-order valence-electron chi connectivity index (χ4n) is 2.18. The Balaban J connectivity index is 1.81. The third-order valence-electron chi connectivity index (χ3n) is 3.14. The molecule has 0 atom stereocenters. The highest BCUT2D eigenvalue weighted by atomic mass is 15.2. The first-order chi connectivity index (χ1) is 8.74. The first-order valence-corrected chi connectivity index (χ1v) is 5.93. The van der Waals surface area contributed by atoms with Crippen LogP contribution in [0.25, 0.3) is 0 Å². The van der Waals surface area contributed by atoms with Gasteiger partial charge < -0.3 is 4.90 Å². The molecule has 0 unspecified atom stereocenters. The van der Waals surface area contributed by atoms with Gasteiger partial charge in [-0.15, -0.1) is 0 Å². The third kappa shape index (κ3) is 1.86. The summed E-state index contributed by atoms with van der Waals surface area (Å²) >= 11 is 0. The predicted octanol–water partition coefficient (Wildman–Crippen LogP) is 2.13. The highest BCUT2D eigenvalue weighted by Gasteiger charge is 2.23. The predicted molar refractivity (Wildman–Crippen MR) is 69.3 cm³/mol. The van der Waals surface area contributed by atoms with Crippen LogP contribution in [0.2, 0.25) is 0 Å². The summed E-state index contributed by atoms with van der Waals surface area (Å²) in [6, 6.07) is 8.06. The molecule has 2 aromatic rings. The van der Waals surface area contributed by atoms with Gasteiger partial charge in [-0.3, -0.25) is 15.4 Å². The number of benzene rings is 1. The zero-order valence-corrected chi connectivity index (χ0v) is 10.2. The van der Waals surface area contributed by atoms with E-state index in [-0.39, 0.29) is 0 Å². The molecule has 0 saturated heterocycles. The lowest BCUT2D eigenvalue weighted by molar-refractivity contribution is 0.415. The van der Waals surface area contributed by atoms with Crippen LogP contribution in [-0.4, -0.2) is 20.7 Å². The van der Waals surface area contributed by atoms with Gasteiger partial charge >= 0.3 is 0 Å². The van der Waals surface area contributed by atoms with Gasteiger partial charge in [0.15, 0.2) is 0 Å². The molecule has 1 aromatic carbocycles. The van der Waals surface area contributed by atoms with Gasteiger partial charge in [0.2, 0.25) is 0 Å². The van der Waals surface area contributed by atoms with E-state index in [0.717, 1.165) is 23.5 Å². The molecule has 0 saturated carbocycles. The smallest absolute Gasteiger partial charge is 0.129 e. The number of nitrogens with zero attached hydrogens (tertiary/aromatic N) is 3. The van der Waals surface area contributed by atoms with E-state index in [2.05, 4.69) is 16.0 Å². The molecule has 0 radical (unpaired) electrons. The molecule has 4 heteroatoms. The van der Waals surface area contributed by atoms with E-state index < -0.39 is 0 Å². The molecule has 3 rings (SSSR count). The topological polar surface area (TPSA) is 52.9 Å². The van der Waals surface area contributed by atoms with Gasteiger partial charge in [-0.2, -0.15) is 0 Å². The van der Waals surface area contributed by atoms with Gasteiger partial charge in [-0.1, -0.05) is 24.3 Å². The molecule has 1 N–H and O–H groups in total. The summed E-state index contributed by atoms with van der Waals surface area (Å²) in [5, 5.41) is 8.16. The van der Waals surface area contributed by atoms with Gasteiger partial charge in [-0.05, 0) is 12.5 Å². The molecule has 1 aliphatic rings. The zero-order chi connectivity index (χ0) is 12.5. The number of amidine groups is 1. The lowest BCUT2D eigenvalue weighted by Crippen LogP contribution is -2.23. The molecule has 18 heavy (non-hydrogen) atoms. The van der Waals surface area contributed by atoms with Gasteiger partial charge in [0.05, 0.1) is 24.1 Å². The lowest BCUT2D eigenvalue weighted by Gasteiger charge is -2.16. The lowest BCUT2D eigenvalue weighted by atomic mass is 10.1. The summed E-state index contributed by atoms with van der Waals surface area (Å²) in [6.07, 6.45) is 3.55. The molecule has 1 aliphatic heterocycles. The standard InChI is InChI=1S/C14H14N4/c1-10-6-17-12(7-16-10)9-18-8-11-4-2-3-5-13(11)14(18)15/h2-7,15H,8-9H2,1H3. The Labute approximate surface area is 106 Å². The van der Waals surface area contributed by atoms with Crippen molar-refractivity contribution in [3.8, 4) is 0 Å². The van der Waals surface area contributed by atoms with Crippen LogP contribution in [0, 0.1) is 12.3 Å². The number of aryl methyl sites for hydroxylation is 1. The van der Waals surface area contributed by atoms with Crippen LogP contribution in [0.5, 0.6) is 0 Å². The van der Waals surface area contributed by atoms with Crippen LogP contribution in [0.3, 0.4) is 0 Å². The van der Waals surface area contributed by atoms with Gasteiger partial charge in [0, 0.05) is 18.3 Å². The Morgan fingerprint density at radius 3 is 2.78 bits per heavy atom. The van der Waals surface area contributed by atoms with Crippen molar-refractivity contribution in [1.29, 1.82) is 5.41 Å². The molecule has 4 nitrogen and oxygen atoms in total. The molecule has 0 aliphatic carbocycles. The SMILES string of the molecule is Cc1cnc(CN2Cc3ccccc3C2=N)cn1. The molecule has 0 bridgehead atoms. The van der Waals surface area contributed by atoms with Crippen LogP contribution in [0.15, 0.2) is 36.7 Å². The summed E-state index contributed by atoms with van der Waals surface area (Å²) in [4.78, 5) is 10.6. The number of rotatable bonds is 2. The van der Waals surface area contributed by atoms with Crippen molar-refractivity contribution in [2.45, 2.75) is 20.0 Å². The molecule has 1 aromatic heterocycles. The minimum Gasteiger partial charge on any atom is -0.346 e. The summed E-state index contributed by atoms with van der Waals surface area (Å²) < 4.78 is 0. The molecule has 0 fully saturated rings. The Morgan fingerprint density at radius 2 is 2.06 bits per heavy atom. The van der Waals surface area contributed by atoms with Crippen molar-refractivity contribution in [2.24, 2.45) is 0 Å². The Bertz CT molecular complexity index is 589. The van der Waals surface area contributed by atoms with E-state index >= 15 is 0 Å². The van der Waals surface area contributed by atoms with E-state index in [1.807, 2.05) is 30.0 Å². The molecule has 0 spiro atoms. The van der Waals surface area contributed by atoms with Crippen molar-refractivity contribution in [2.75, 3.05) is 0 Å². The van der Waals surface area contributed by atoms with Crippen molar-refractivity contribution in [1.82, 2.24) is 14.9 Å². The maximum Gasteiger partial charge on any atom is 0.129 e. The highest BCUT2D eigenvalue weighted by Crippen LogP contribution is 2.23. The normalized spacial score (nSPS) is 13.8. The molecular formula is C14H14N4. The van der Waals surface area contributed by atoms with E-state index in [9.17, 15) is 0 Å². The number of hydrogen-bond donors (Lipinski definition) is 1. The minimum absolute atomic E-state index is 0.577. The van der Waals surface area contributed by atoms with Crippen LogP contribution >= 0.6 is 0 Å². The quantitative estimate of drug-likeness (QED) is 0.872. The van der Waals surface area contributed by atoms with E-state index in [4.69, 9.17) is 5.41 Å². The number of nitrogens with one attached hydrogen (secondary N) is 1. The zero-order valence-electron chi connectivity index (χ0n) is 10.2. The largest absolute Gasteiger partial charge is 0.346 e. The average molecular weight is 238 g/mol. The van der Waals surface area contributed by atoms with Crippen LogP contribution < -0.4 is 0 Å². The van der Waals surface area contributed by atoms with Crippen LogP contribution in [0.1, 0.15) is 22.5 Å². The number of aromatic nitrogens is 2. The third-order valence-corrected chi connectivity index (χ3v) is 3.14. The van der Waals surface area contributed by atoms with Crippen LogP contribution in [-0.2, 0) is 13.1 Å². The van der Waals surface area contributed by atoms with Gasteiger partial charge in [0.25, 0.3) is 0 Å². The van der Waals surface area contributed by atoms with Crippen molar-refractivity contribution < 1.29 is 0 Å². The second-order valence-corrected chi connectivity index (χ2v) is 4.51. The first kappa shape index (κ1) is 10.9. The van der Waals surface area contributed by atoms with E-state index in [0.29, 0.717) is 12.4 Å². The number of fused-ring (bicyclic) bond motifs is 1. The molecule has 2 heterocycles. The fourth-order valence-corrected chi connectivity index (χ4v) is 2.18. The van der Waals surface area contributed by atoms with Crippen molar-refractivity contribution in [3.05, 3.63) is 59.2 Å². The molecular weight excluding hydrogens is 224 g/mol. The van der Waals surface area contributed by atoms with Crippen molar-refractivity contribution in [3.63, 3.8) is 0 Å². The first-order valence-electron chi connectivity index (χ1n) is 5.93. The Hall–Kier alpha value is -2.23. The highest BCUT2D eigenvalue weighted by molar-refractivity contribution is 6.00. The molecule has 90 valence electrons. The summed E-state index contributed by atoms with van der Waals surface area (Å²) in [5.41, 5.74) is 4.05. The maximum atomic E-state index is 8.16. The second kappa shape index (κ2) is 4.22. The van der Waals surface area contributed by atoms with E-state index in [1.54, 1.807) is 12.4 Å². The van der Waals surface area contributed by atoms with Gasteiger partial charge in [-0.25, -0.2) is 0 Å². The Kier molecular flexibility index (Phi) is 2.55.